The summed E-state index contributed by atoms with van der Waals surface area (Å²) >= 11 is 3.14. The monoisotopic (exact) mass is 357 g/mol. The molecule has 3 rings (SSSR count). The molecule has 1 aromatic carbocycles. The number of aromatic nitrogens is 2. The van der Waals surface area contributed by atoms with E-state index in [9.17, 15) is 4.79 Å². The summed E-state index contributed by atoms with van der Waals surface area (Å²) in [5.41, 5.74) is 3.53. The van der Waals surface area contributed by atoms with Gasteiger partial charge in [-0.2, -0.15) is 0 Å². The van der Waals surface area contributed by atoms with Crippen molar-refractivity contribution in [2.24, 2.45) is 0 Å². The molecule has 0 atom stereocenters. The van der Waals surface area contributed by atoms with Gasteiger partial charge in [-0.25, -0.2) is 9.97 Å². The molecule has 3 aromatic rings. The molecule has 1 N–H and O–H groups in total. The average molecular weight is 358 g/mol. The summed E-state index contributed by atoms with van der Waals surface area (Å²) in [7, 11) is 0. The summed E-state index contributed by atoms with van der Waals surface area (Å²) in [6.45, 7) is 6.77. The number of amides is 1. The highest BCUT2D eigenvalue weighted by Gasteiger charge is 2.13. The summed E-state index contributed by atoms with van der Waals surface area (Å²) in [4.78, 5) is 23.0. The minimum atomic E-state index is 0.0111. The highest BCUT2D eigenvalue weighted by atomic mass is 32.2. The van der Waals surface area contributed by atoms with Gasteiger partial charge in [0.1, 0.15) is 16.2 Å². The molecule has 6 heteroatoms. The zero-order chi connectivity index (χ0) is 17.1. The first-order valence-electron chi connectivity index (χ1n) is 7.70. The second kappa shape index (κ2) is 7.32. The van der Waals surface area contributed by atoms with Gasteiger partial charge in [-0.3, -0.25) is 4.79 Å². The molecule has 0 saturated heterocycles. The van der Waals surface area contributed by atoms with Crippen molar-refractivity contribution >= 4 is 39.2 Å². The zero-order valence-electron chi connectivity index (χ0n) is 13.9. The summed E-state index contributed by atoms with van der Waals surface area (Å²) in [5.74, 6) is 0.365. The number of rotatable bonds is 5. The molecule has 4 nitrogen and oxygen atoms in total. The number of thiophene rings is 1. The number of aryl methyl sites for hydroxylation is 3. The molecule has 0 spiro atoms. The zero-order valence-corrected chi connectivity index (χ0v) is 15.6. The fourth-order valence-electron chi connectivity index (χ4n) is 2.35. The van der Waals surface area contributed by atoms with Crippen LogP contribution >= 0.6 is 23.1 Å². The summed E-state index contributed by atoms with van der Waals surface area (Å²) in [5, 5.41) is 4.92. The van der Waals surface area contributed by atoms with Crippen LogP contribution in [-0.2, 0) is 11.3 Å². The third-order valence-electron chi connectivity index (χ3n) is 3.88. The molecule has 2 aromatic heterocycles. The molecule has 0 radical (unpaired) electrons. The van der Waals surface area contributed by atoms with Crippen molar-refractivity contribution in [1.29, 1.82) is 0 Å². The number of thioether (sulfide) groups is 1. The molecule has 0 aliphatic carbocycles. The Morgan fingerprint density at radius 3 is 2.67 bits per heavy atom. The van der Waals surface area contributed by atoms with Crippen LogP contribution in [0.4, 0.5) is 0 Å². The maximum atomic E-state index is 12.1. The van der Waals surface area contributed by atoms with Crippen LogP contribution in [0.15, 0.2) is 35.6 Å². The van der Waals surface area contributed by atoms with Crippen LogP contribution in [0.1, 0.15) is 21.6 Å². The van der Waals surface area contributed by atoms with Gasteiger partial charge >= 0.3 is 0 Å². The maximum Gasteiger partial charge on any atom is 0.230 e. The number of hydrogen-bond donors (Lipinski definition) is 1. The van der Waals surface area contributed by atoms with E-state index in [0.717, 1.165) is 20.8 Å². The van der Waals surface area contributed by atoms with Gasteiger partial charge < -0.3 is 5.32 Å². The number of carbonyl (C=O) groups excluding carboxylic acids is 1. The first-order chi connectivity index (χ1) is 11.5. The molecule has 0 aliphatic rings. The Morgan fingerprint density at radius 2 is 1.92 bits per heavy atom. The van der Waals surface area contributed by atoms with E-state index in [1.165, 1.54) is 27.8 Å². The molecule has 0 unspecified atom stereocenters. The van der Waals surface area contributed by atoms with Crippen molar-refractivity contribution in [3.8, 4) is 0 Å². The molecule has 2 heterocycles. The largest absolute Gasteiger partial charge is 0.351 e. The van der Waals surface area contributed by atoms with Crippen molar-refractivity contribution in [3.63, 3.8) is 0 Å². The van der Waals surface area contributed by atoms with Gasteiger partial charge in [0.05, 0.1) is 5.75 Å². The van der Waals surface area contributed by atoms with E-state index in [2.05, 4.69) is 48.2 Å². The number of nitrogens with one attached hydrogen (secondary N) is 1. The van der Waals surface area contributed by atoms with Crippen LogP contribution in [0.3, 0.4) is 0 Å². The first-order valence-corrected chi connectivity index (χ1v) is 9.50. The molecule has 1 amide bonds. The smallest absolute Gasteiger partial charge is 0.230 e. The van der Waals surface area contributed by atoms with Crippen LogP contribution < -0.4 is 5.32 Å². The molecule has 0 fully saturated rings. The normalized spacial score (nSPS) is 11.0. The Bertz CT molecular complexity index is 872. The Hall–Kier alpha value is -1.92. The number of nitrogens with zero attached hydrogens (tertiary/aromatic N) is 2. The number of fused-ring (bicyclic) bond motifs is 1. The lowest BCUT2D eigenvalue weighted by atomic mass is 10.1. The Labute approximate surface area is 149 Å². The molecule has 124 valence electrons. The van der Waals surface area contributed by atoms with E-state index >= 15 is 0 Å². The average Bonchev–Trinajstić information content (AvgIpc) is 2.87. The fraction of sp³-hybridized carbons (Fsp3) is 0.278. The van der Waals surface area contributed by atoms with Gasteiger partial charge in [-0.1, -0.05) is 41.6 Å². The molecule has 0 saturated carbocycles. The Kier molecular flexibility index (Phi) is 5.16. The van der Waals surface area contributed by atoms with Gasteiger partial charge in [0.15, 0.2) is 0 Å². The van der Waals surface area contributed by atoms with Gasteiger partial charge in [-0.05, 0) is 31.9 Å². The highest BCUT2D eigenvalue weighted by Crippen LogP contribution is 2.34. The number of carbonyl (C=O) groups is 1. The number of benzene rings is 1. The second-order valence-electron chi connectivity index (χ2n) is 5.69. The summed E-state index contributed by atoms with van der Waals surface area (Å²) in [6.07, 6.45) is 1.57. The van der Waals surface area contributed by atoms with Crippen LogP contribution in [0.25, 0.3) is 10.2 Å². The fourth-order valence-corrected chi connectivity index (χ4v) is 4.30. The van der Waals surface area contributed by atoms with E-state index in [4.69, 9.17) is 0 Å². The maximum absolute atomic E-state index is 12.1. The lowest BCUT2D eigenvalue weighted by Crippen LogP contribution is -2.24. The molecule has 24 heavy (non-hydrogen) atoms. The van der Waals surface area contributed by atoms with Crippen LogP contribution in [-0.4, -0.2) is 21.6 Å². The second-order valence-corrected chi connectivity index (χ2v) is 7.86. The van der Waals surface area contributed by atoms with Crippen molar-refractivity contribution in [1.82, 2.24) is 15.3 Å². The Balaban J connectivity index is 1.61. The highest BCUT2D eigenvalue weighted by molar-refractivity contribution is 8.00. The summed E-state index contributed by atoms with van der Waals surface area (Å²) < 4.78 is 0. The minimum absolute atomic E-state index is 0.0111. The van der Waals surface area contributed by atoms with E-state index in [-0.39, 0.29) is 5.91 Å². The van der Waals surface area contributed by atoms with Gasteiger partial charge in [0.2, 0.25) is 5.91 Å². The van der Waals surface area contributed by atoms with Gasteiger partial charge in [-0.15, -0.1) is 11.3 Å². The molecular formula is C18H19N3OS2. The number of hydrogen-bond acceptors (Lipinski definition) is 5. The van der Waals surface area contributed by atoms with E-state index < -0.39 is 0 Å². The SMILES string of the molecule is Cc1ccc(CNC(=O)CSc2ncnc3sc(C)c(C)c23)cc1. The third kappa shape index (κ3) is 3.76. The van der Waals surface area contributed by atoms with E-state index in [1.807, 2.05) is 12.1 Å². The topological polar surface area (TPSA) is 54.9 Å². The van der Waals surface area contributed by atoms with E-state index in [1.54, 1.807) is 17.7 Å². The molecule has 0 bridgehead atoms. The molecule has 0 aliphatic heterocycles. The van der Waals surface area contributed by atoms with Crippen LogP contribution in [0.5, 0.6) is 0 Å². The van der Waals surface area contributed by atoms with Gasteiger partial charge in [0, 0.05) is 16.8 Å². The van der Waals surface area contributed by atoms with Crippen molar-refractivity contribution in [2.45, 2.75) is 32.3 Å². The van der Waals surface area contributed by atoms with Crippen molar-refractivity contribution in [2.75, 3.05) is 5.75 Å². The lowest BCUT2D eigenvalue weighted by Gasteiger charge is -2.06. The summed E-state index contributed by atoms with van der Waals surface area (Å²) in [6, 6.07) is 8.17. The van der Waals surface area contributed by atoms with E-state index in [0.29, 0.717) is 12.3 Å². The van der Waals surface area contributed by atoms with Crippen molar-refractivity contribution in [3.05, 3.63) is 52.2 Å². The Morgan fingerprint density at radius 1 is 1.17 bits per heavy atom. The van der Waals surface area contributed by atoms with Crippen molar-refractivity contribution < 1.29 is 4.79 Å². The third-order valence-corrected chi connectivity index (χ3v) is 5.99. The lowest BCUT2D eigenvalue weighted by molar-refractivity contribution is -0.118. The quantitative estimate of drug-likeness (QED) is 0.553. The van der Waals surface area contributed by atoms with Crippen LogP contribution in [0.2, 0.25) is 0 Å². The minimum Gasteiger partial charge on any atom is -0.351 e. The molecular weight excluding hydrogens is 338 g/mol. The predicted octanol–water partition coefficient (Wildman–Crippen LogP) is 4.03. The van der Waals surface area contributed by atoms with Crippen LogP contribution in [0, 0.1) is 20.8 Å². The van der Waals surface area contributed by atoms with Gasteiger partial charge in [0.25, 0.3) is 0 Å². The predicted molar refractivity (Wildman–Crippen MR) is 101 cm³/mol. The first kappa shape index (κ1) is 16.9. The standard InChI is InChI=1S/C18H19N3OS2/c1-11-4-6-14(7-5-11)8-19-15(22)9-23-17-16-12(2)13(3)24-18(16)21-10-20-17/h4-7,10H,8-9H2,1-3H3,(H,19,22).